The Morgan fingerprint density at radius 2 is 1.53 bits per heavy atom. The molecule has 1 aliphatic heterocycles. The Labute approximate surface area is 93.3 Å². The van der Waals surface area contributed by atoms with E-state index < -0.39 is 0 Å². The Morgan fingerprint density at radius 1 is 0.867 bits per heavy atom. The molecular weight excluding hydrogens is 188 g/mol. The summed E-state index contributed by atoms with van der Waals surface area (Å²) in [6, 6.07) is 0. The van der Waals surface area contributed by atoms with Crippen LogP contribution in [0.5, 0.6) is 0 Å². The van der Waals surface area contributed by atoms with Gasteiger partial charge in [0.1, 0.15) is 0 Å². The van der Waals surface area contributed by atoms with Crippen LogP contribution in [0.25, 0.3) is 0 Å². The normalized spacial score (nSPS) is 38.6. The minimum Gasteiger partial charge on any atom is -0.381 e. The van der Waals surface area contributed by atoms with E-state index >= 15 is 0 Å². The molecule has 1 heterocycles. The minimum absolute atomic E-state index is 0.444. The maximum absolute atomic E-state index is 5.68. The second kappa shape index (κ2) is 5.86. The van der Waals surface area contributed by atoms with Gasteiger partial charge in [0.15, 0.2) is 0 Å². The lowest BCUT2D eigenvalue weighted by Gasteiger charge is -2.14. The third kappa shape index (κ3) is 3.76. The zero-order valence-electron chi connectivity index (χ0n) is 9.91. The van der Waals surface area contributed by atoms with E-state index in [1.165, 1.54) is 51.4 Å². The molecule has 2 heteroatoms. The summed E-state index contributed by atoms with van der Waals surface area (Å²) >= 11 is 0. The first-order chi connectivity index (χ1) is 7.40. The standard InChI is InChI=1S/C13H24O2/c1-14-11-8-6-4-2-3-5-7-9-12-13(10-11)15-12/h11-13H,2-10H2,1H3. The summed E-state index contributed by atoms with van der Waals surface area (Å²) in [5, 5.41) is 0. The SMILES string of the molecule is COC1CCCCCCCCC2OC2C1. The van der Waals surface area contributed by atoms with Gasteiger partial charge in [-0.25, -0.2) is 0 Å². The Hall–Kier alpha value is -0.0800. The Balaban J connectivity index is 1.76. The van der Waals surface area contributed by atoms with Gasteiger partial charge in [-0.1, -0.05) is 38.5 Å². The van der Waals surface area contributed by atoms with Crippen molar-refractivity contribution in [3.63, 3.8) is 0 Å². The van der Waals surface area contributed by atoms with Gasteiger partial charge in [-0.3, -0.25) is 0 Å². The van der Waals surface area contributed by atoms with Crippen LogP contribution >= 0.6 is 0 Å². The van der Waals surface area contributed by atoms with Crippen LogP contribution < -0.4 is 0 Å². The molecule has 2 rings (SSSR count). The molecule has 1 aliphatic carbocycles. The van der Waals surface area contributed by atoms with E-state index in [-0.39, 0.29) is 0 Å². The third-order valence-corrected chi connectivity index (χ3v) is 3.78. The Kier molecular flexibility index (Phi) is 4.45. The van der Waals surface area contributed by atoms with Crippen molar-refractivity contribution >= 4 is 0 Å². The van der Waals surface area contributed by atoms with E-state index in [0.29, 0.717) is 18.3 Å². The molecule has 0 aromatic carbocycles. The summed E-state index contributed by atoms with van der Waals surface area (Å²) in [6.45, 7) is 0. The lowest BCUT2D eigenvalue weighted by molar-refractivity contribution is 0.0785. The van der Waals surface area contributed by atoms with E-state index in [2.05, 4.69) is 0 Å². The molecule has 3 atom stereocenters. The molecule has 0 bridgehead atoms. The average Bonchev–Trinajstić information content (AvgIpc) is 2.96. The number of ether oxygens (including phenoxy) is 2. The monoisotopic (exact) mass is 212 g/mol. The van der Waals surface area contributed by atoms with Crippen molar-refractivity contribution < 1.29 is 9.47 Å². The summed E-state index contributed by atoms with van der Waals surface area (Å²) in [6.07, 6.45) is 13.5. The van der Waals surface area contributed by atoms with E-state index in [1.807, 2.05) is 7.11 Å². The van der Waals surface area contributed by atoms with E-state index in [4.69, 9.17) is 9.47 Å². The molecule has 0 spiro atoms. The lowest BCUT2D eigenvalue weighted by atomic mass is 9.99. The molecule has 15 heavy (non-hydrogen) atoms. The summed E-state index contributed by atoms with van der Waals surface area (Å²) in [4.78, 5) is 0. The number of hydrogen-bond acceptors (Lipinski definition) is 2. The van der Waals surface area contributed by atoms with Gasteiger partial charge < -0.3 is 9.47 Å². The van der Waals surface area contributed by atoms with E-state index in [1.54, 1.807) is 0 Å². The zero-order chi connectivity index (χ0) is 10.5. The summed E-state index contributed by atoms with van der Waals surface area (Å²) < 4.78 is 11.2. The van der Waals surface area contributed by atoms with Crippen molar-refractivity contribution in [2.24, 2.45) is 0 Å². The molecule has 1 saturated heterocycles. The second-order valence-corrected chi connectivity index (χ2v) is 5.01. The molecule has 88 valence electrons. The Bertz CT molecular complexity index is 181. The number of rotatable bonds is 1. The number of fused-ring (bicyclic) bond motifs is 1. The zero-order valence-corrected chi connectivity index (χ0v) is 9.91. The fraction of sp³-hybridized carbons (Fsp3) is 1.00. The first kappa shape index (κ1) is 11.4. The molecule has 3 unspecified atom stereocenters. The molecule has 2 aliphatic rings. The van der Waals surface area contributed by atoms with Crippen LogP contribution in [0.4, 0.5) is 0 Å². The van der Waals surface area contributed by atoms with Gasteiger partial charge >= 0.3 is 0 Å². The number of epoxide rings is 1. The fourth-order valence-corrected chi connectivity index (χ4v) is 2.66. The topological polar surface area (TPSA) is 21.8 Å². The molecule has 2 fully saturated rings. The van der Waals surface area contributed by atoms with Crippen molar-refractivity contribution in [1.82, 2.24) is 0 Å². The third-order valence-electron chi connectivity index (χ3n) is 3.78. The molecule has 0 N–H and O–H groups in total. The summed E-state index contributed by atoms with van der Waals surface area (Å²) in [5.41, 5.74) is 0. The highest BCUT2D eigenvalue weighted by atomic mass is 16.6. The summed E-state index contributed by atoms with van der Waals surface area (Å²) in [5.74, 6) is 0. The van der Waals surface area contributed by atoms with Crippen molar-refractivity contribution in [2.45, 2.75) is 76.1 Å². The lowest BCUT2D eigenvalue weighted by Crippen LogP contribution is -2.14. The molecule has 0 amide bonds. The van der Waals surface area contributed by atoms with Crippen LogP contribution in [0.2, 0.25) is 0 Å². The first-order valence-corrected chi connectivity index (χ1v) is 6.58. The van der Waals surface area contributed by atoms with Crippen LogP contribution in [-0.4, -0.2) is 25.4 Å². The maximum Gasteiger partial charge on any atom is 0.0866 e. The molecule has 0 radical (unpaired) electrons. The first-order valence-electron chi connectivity index (χ1n) is 6.58. The smallest absolute Gasteiger partial charge is 0.0866 e. The van der Waals surface area contributed by atoms with E-state index in [9.17, 15) is 0 Å². The van der Waals surface area contributed by atoms with Crippen molar-refractivity contribution in [1.29, 1.82) is 0 Å². The molecule has 0 aromatic rings. The predicted molar refractivity (Wildman–Crippen MR) is 61.0 cm³/mol. The van der Waals surface area contributed by atoms with Gasteiger partial charge in [0.2, 0.25) is 0 Å². The van der Waals surface area contributed by atoms with Gasteiger partial charge in [0.25, 0.3) is 0 Å². The molecule has 0 aromatic heterocycles. The maximum atomic E-state index is 5.68. The molecular formula is C13H24O2. The van der Waals surface area contributed by atoms with Crippen LogP contribution in [0.1, 0.15) is 57.8 Å². The van der Waals surface area contributed by atoms with Crippen LogP contribution in [0, 0.1) is 0 Å². The second-order valence-electron chi connectivity index (χ2n) is 5.01. The minimum atomic E-state index is 0.444. The van der Waals surface area contributed by atoms with Crippen LogP contribution in [-0.2, 0) is 9.47 Å². The fourth-order valence-electron chi connectivity index (χ4n) is 2.66. The van der Waals surface area contributed by atoms with E-state index in [0.717, 1.165) is 6.42 Å². The molecule has 2 nitrogen and oxygen atoms in total. The highest BCUT2D eigenvalue weighted by Gasteiger charge is 2.39. The van der Waals surface area contributed by atoms with Gasteiger partial charge in [-0.2, -0.15) is 0 Å². The average molecular weight is 212 g/mol. The van der Waals surface area contributed by atoms with Crippen LogP contribution in [0.15, 0.2) is 0 Å². The van der Waals surface area contributed by atoms with Crippen molar-refractivity contribution in [3.8, 4) is 0 Å². The number of hydrogen-bond donors (Lipinski definition) is 0. The van der Waals surface area contributed by atoms with Crippen molar-refractivity contribution in [3.05, 3.63) is 0 Å². The van der Waals surface area contributed by atoms with Gasteiger partial charge in [0.05, 0.1) is 18.3 Å². The van der Waals surface area contributed by atoms with Crippen LogP contribution in [0.3, 0.4) is 0 Å². The number of methoxy groups -OCH3 is 1. The molecule has 1 saturated carbocycles. The highest BCUT2D eigenvalue weighted by molar-refractivity contribution is 4.87. The largest absolute Gasteiger partial charge is 0.381 e. The van der Waals surface area contributed by atoms with Crippen molar-refractivity contribution in [2.75, 3.05) is 7.11 Å². The van der Waals surface area contributed by atoms with Gasteiger partial charge in [0, 0.05) is 13.5 Å². The summed E-state index contributed by atoms with van der Waals surface area (Å²) in [7, 11) is 1.84. The highest BCUT2D eigenvalue weighted by Crippen LogP contribution is 2.33. The van der Waals surface area contributed by atoms with Gasteiger partial charge in [-0.05, 0) is 12.8 Å². The van der Waals surface area contributed by atoms with Gasteiger partial charge in [-0.15, -0.1) is 0 Å². The quantitative estimate of drug-likeness (QED) is 0.622. The Morgan fingerprint density at radius 3 is 2.27 bits per heavy atom. The predicted octanol–water partition coefficient (Wildman–Crippen LogP) is 3.29.